The second-order valence-corrected chi connectivity index (χ2v) is 6.96. The number of methoxy groups -OCH3 is 1. The zero-order valence-corrected chi connectivity index (χ0v) is 14.2. The minimum absolute atomic E-state index is 0.0396. The van der Waals surface area contributed by atoms with E-state index >= 15 is 0 Å². The molecule has 1 aromatic heterocycles. The lowest BCUT2D eigenvalue weighted by Gasteiger charge is -2.08. The number of aryl methyl sites for hydroxylation is 1. The number of aromatic nitrogens is 1. The molecule has 2 aromatic carbocycles. The summed E-state index contributed by atoms with van der Waals surface area (Å²) in [5.41, 5.74) is 1.47. The molecule has 0 unspecified atom stereocenters. The Morgan fingerprint density at radius 1 is 1.16 bits per heavy atom. The molecule has 25 heavy (non-hydrogen) atoms. The van der Waals surface area contributed by atoms with Crippen molar-refractivity contribution in [2.45, 2.75) is 11.8 Å². The third-order valence-corrected chi connectivity index (χ3v) is 4.90. The van der Waals surface area contributed by atoms with Gasteiger partial charge in [-0.1, -0.05) is 17.7 Å². The molecule has 9 heteroatoms. The van der Waals surface area contributed by atoms with Gasteiger partial charge < -0.3 is 9.15 Å². The molecule has 0 spiro atoms. The average Bonchev–Trinajstić information content (AvgIpc) is 2.91. The van der Waals surface area contributed by atoms with Crippen molar-refractivity contribution in [2.24, 2.45) is 0 Å². The predicted octanol–water partition coefficient (Wildman–Crippen LogP) is 2.32. The highest BCUT2D eigenvalue weighted by molar-refractivity contribution is 7.92. The Labute approximate surface area is 142 Å². The normalized spacial score (nSPS) is 11.4. The molecule has 130 valence electrons. The van der Waals surface area contributed by atoms with E-state index in [4.69, 9.17) is 4.42 Å². The highest BCUT2D eigenvalue weighted by Gasteiger charge is 2.20. The van der Waals surface area contributed by atoms with Gasteiger partial charge in [0.1, 0.15) is 5.52 Å². The Morgan fingerprint density at radius 2 is 1.84 bits per heavy atom. The van der Waals surface area contributed by atoms with Crippen molar-refractivity contribution in [1.29, 1.82) is 0 Å². The predicted molar refractivity (Wildman–Crippen MR) is 90.3 cm³/mol. The molecule has 1 heterocycles. The van der Waals surface area contributed by atoms with Crippen LogP contribution in [0.1, 0.15) is 5.56 Å². The van der Waals surface area contributed by atoms with Gasteiger partial charge in [0.15, 0.2) is 5.58 Å². The lowest BCUT2D eigenvalue weighted by Crippen LogP contribution is -2.22. The van der Waals surface area contributed by atoms with E-state index in [-0.39, 0.29) is 16.0 Å². The monoisotopic (exact) mass is 362 g/mol. The maximum Gasteiger partial charge on any atom is 0.429 e. The van der Waals surface area contributed by atoms with Crippen LogP contribution in [0.4, 0.5) is 10.5 Å². The first-order chi connectivity index (χ1) is 11.8. The fraction of sp³-hybridized carbons (Fsp3) is 0.125. The second-order valence-electron chi connectivity index (χ2n) is 5.27. The summed E-state index contributed by atoms with van der Waals surface area (Å²) in [7, 11) is -2.76. The summed E-state index contributed by atoms with van der Waals surface area (Å²) in [5.74, 6) is -0.956. The molecule has 0 aliphatic carbocycles. The number of nitrogens with one attached hydrogen (secondary N) is 1. The summed E-state index contributed by atoms with van der Waals surface area (Å²) in [6.45, 7) is 1.89. The quantitative estimate of drug-likeness (QED) is 0.766. The lowest BCUT2D eigenvalue weighted by atomic mass is 10.2. The van der Waals surface area contributed by atoms with Crippen LogP contribution in [-0.2, 0) is 14.8 Å². The van der Waals surface area contributed by atoms with Crippen LogP contribution >= 0.6 is 0 Å². The average molecular weight is 362 g/mol. The molecule has 3 aromatic rings. The van der Waals surface area contributed by atoms with Crippen LogP contribution in [0, 0.1) is 6.92 Å². The van der Waals surface area contributed by atoms with E-state index in [2.05, 4.69) is 9.46 Å². The standard InChI is InChI=1S/C16H14N2O6S/c1-10-3-5-11(6-4-10)17-25(21,22)12-7-8-13-14(9-12)24-16(20)18(13)15(19)23-2/h3-9,17H,1-2H3. The molecular weight excluding hydrogens is 348 g/mol. The van der Waals surface area contributed by atoms with Crippen LogP contribution in [-0.4, -0.2) is 26.2 Å². The number of rotatable bonds is 3. The molecule has 0 atom stereocenters. The van der Waals surface area contributed by atoms with Gasteiger partial charge in [0, 0.05) is 11.8 Å². The first-order valence-electron chi connectivity index (χ1n) is 7.15. The number of ether oxygens (including phenoxy) is 1. The van der Waals surface area contributed by atoms with Gasteiger partial charge in [0.25, 0.3) is 10.0 Å². The van der Waals surface area contributed by atoms with E-state index in [0.717, 1.165) is 12.7 Å². The topological polar surface area (TPSA) is 108 Å². The summed E-state index contributed by atoms with van der Waals surface area (Å²) >= 11 is 0. The maximum absolute atomic E-state index is 12.5. The van der Waals surface area contributed by atoms with Crippen LogP contribution in [0.15, 0.2) is 56.6 Å². The fourth-order valence-corrected chi connectivity index (χ4v) is 3.34. The highest BCUT2D eigenvalue weighted by Crippen LogP contribution is 2.21. The summed E-state index contributed by atoms with van der Waals surface area (Å²) in [5, 5.41) is 0. The van der Waals surface area contributed by atoms with Crippen molar-refractivity contribution in [1.82, 2.24) is 4.57 Å². The summed E-state index contributed by atoms with van der Waals surface area (Å²) in [4.78, 5) is 23.3. The van der Waals surface area contributed by atoms with Crippen LogP contribution in [0.25, 0.3) is 11.1 Å². The first-order valence-corrected chi connectivity index (χ1v) is 8.63. The summed E-state index contributed by atoms with van der Waals surface area (Å²) in [6, 6.07) is 10.6. The van der Waals surface area contributed by atoms with Gasteiger partial charge in [-0.05, 0) is 31.2 Å². The Balaban J connectivity index is 2.02. The van der Waals surface area contributed by atoms with Crippen molar-refractivity contribution in [2.75, 3.05) is 11.8 Å². The first kappa shape index (κ1) is 16.8. The third-order valence-electron chi connectivity index (χ3n) is 3.52. The van der Waals surface area contributed by atoms with E-state index in [1.807, 2.05) is 6.92 Å². The minimum atomic E-state index is -3.88. The minimum Gasteiger partial charge on any atom is -0.452 e. The fourth-order valence-electron chi connectivity index (χ4n) is 2.27. The van der Waals surface area contributed by atoms with Crippen LogP contribution < -0.4 is 10.5 Å². The zero-order chi connectivity index (χ0) is 18.2. The second kappa shape index (κ2) is 6.10. The molecule has 0 bridgehead atoms. The van der Waals surface area contributed by atoms with Crippen molar-refractivity contribution in [3.05, 3.63) is 58.6 Å². The van der Waals surface area contributed by atoms with Gasteiger partial charge >= 0.3 is 11.8 Å². The largest absolute Gasteiger partial charge is 0.452 e. The molecule has 0 saturated heterocycles. The van der Waals surface area contributed by atoms with E-state index in [9.17, 15) is 18.0 Å². The van der Waals surface area contributed by atoms with E-state index < -0.39 is 21.9 Å². The number of hydrogen-bond donors (Lipinski definition) is 1. The van der Waals surface area contributed by atoms with Crippen LogP contribution in [0.3, 0.4) is 0 Å². The number of oxazole rings is 1. The number of nitrogens with zero attached hydrogens (tertiary/aromatic N) is 1. The van der Waals surface area contributed by atoms with Gasteiger partial charge in [0.2, 0.25) is 0 Å². The molecule has 1 N–H and O–H groups in total. The van der Waals surface area contributed by atoms with Crippen LogP contribution in [0.5, 0.6) is 0 Å². The molecule has 0 saturated carbocycles. The summed E-state index contributed by atoms with van der Waals surface area (Å²) < 4.78 is 37.5. The van der Waals surface area contributed by atoms with Crippen molar-refractivity contribution in [3.63, 3.8) is 0 Å². The molecular formula is C16H14N2O6S. The van der Waals surface area contributed by atoms with Gasteiger partial charge in [0.05, 0.1) is 12.0 Å². The molecule has 8 nitrogen and oxygen atoms in total. The SMILES string of the molecule is COC(=O)n1c(=O)oc2cc(S(=O)(=O)Nc3ccc(C)cc3)ccc21. The van der Waals surface area contributed by atoms with Crippen molar-refractivity contribution >= 4 is 32.9 Å². The van der Waals surface area contributed by atoms with Crippen molar-refractivity contribution in [3.8, 4) is 0 Å². The Morgan fingerprint density at radius 3 is 2.48 bits per heavy atom. The maximum atomic E-state index is 12.5. The Bertz CT molecular complexity index is 1110. The molecule has 3 rings (SSSR count). The number of anilines is 1. The van der Waals surface area contributed by atoms with Crippen molar-refractivity contribution < 1.29 is 22.4 Å². The van der Waals surface area contributed by atoms with Gasteiger partial charge in [-0.3, -0.25) is 4.72 Å². The number of hydrogen-bond acceptors (Lipinski definition) is 6. The molecule has 0 radical (unpaired) electrons. The number of fused-ring (bicyclic) bond motifs is 1. The Hall–Kier alpha value is -3.07. The summed E-state index contributed by atoms with van der Waals surface area (Å²) in [6.07, 6.45) is -0.919. The molecule has 0 amide bonds. The van der Waals surface area contributed by atoms with E-state index in [0.29, 0.717) is 10.3 Å². The van der Waals surface area contributed by atoms with E-state index in [1.165, 1.54) is 18.2 Å². The van der Waals surface area contributed by atoms with Gasteiger partial charge in [-0.15, -0.1) is 0 Å². The molecule has 0 aliphatic rings. The van der Waals surface area contributed by atoms with Gasteiger partial charge in [-0.2, -0.15) is 4.57 Å². The number of carbonyl (C=O) groups is 1. The number of carbonyl (C=O) groups excluding carboxylic acids is 1. The lowest BCUT2D eigenvalue weighted by molar-refractivity contribution is 0.171. The molecule has 0 aliphatic heterocycles. The number of sulfonamides is 1. The zero-order valence-electron chi connectivity index (χ0n) is 13.3. The van der Waals surface area contributed by atoms with E-state index in [1.54, 1.807) is 24.3 Å². The molecule has 0 fully saturated rings. The van der Waals surface area contributed by atoms with Crippen LogP contribution in [0.2, 0.25) is 0 Å². The number of benzene rings is 2. The smallest absolute Gasteiger partial charge is 0.429 e. The highest BCUT2D eigenvalue weighted by atomic mass is 32.2. The van der Waals surface area contributed by atoms with Gasteiger partial charge in [-0.25, -0.2) is 18.0 Å². The Kier molecular flexibility index (Phi) is 4.09. The third kappa shape index (κ3) is 3.13.